The molecule has 1 unspecified atom stereocenters. The molecule has 0 spiro atoms. The largest absolute Gasteiger partial charge is 0.255 e. The molecule has 11 heavy (non-hydrogen) atoms. The van der Waals surface area contributed by atoms with Gasteiger partial charge in [0.25, 0.3) is 0 Å². The number of hydrogen-bond donors (Lipinski definition) is 0. The van der Waals surface area contributed by atoms with Crippen molar-refractivity contribution in [1.82, 2.24) is 0 Å². The third-order valence-electron chi connectivity index (χ3n) is 1.63. The monoisotopic (exact) mass is 158 g/mol. The smallest absolute Gasteiger partial charge is 0.0785 e. The highest BCUT2D eigenvalue weighted by molar-refractivity contribution is 5.15. The Labute approximate surface area is 69.8 Å². The van der Waals surface area contributed by atoms with Gasteiger partial charge in [0.15, 0.2) is 0 Å². The van der Waals surface area contributed by atoms with Crippen molar-refractivity contribution in [3.63, 3.8) is 0 Å². The first-order valence-electron chi connectivity index (χ1n) is 3.91. The molecule has 0 rings (SSSR count). The summed E-state index contributed by atoms with van der Waals surface area (Å²) in [6, 6.07) is 0. The molecule has 0 saturated carbocycles. The van der Waals surface area contributed by atoms with E-state index in [0.29, 0.717) is 13.1 Å². The molecule has 0 aliphatic heterocycles. The third kappa shape index (κ3) is 7.31. The summed E-state index contributed by atoms with van der Waals surface area (Å²) in [6.07, 6.45) is 5.30. The van der Waals surface area contributed by atoms with E-state index in [1.54, 1.807) is 0 Å². The van der Waals surface area contributed by atoms with Crippen molar-refractivity contribution in [1.29, 1.82) is 0 Å². The van der Waals surface area contributed by atoms with Crippen LogP contribution >= 0.6 is 0 Å². The lowest BCUT2D eigenvalue weighted by Crippen LogP contribution is -1.91. The van der Waals surface area contributed by atoms with Crippen molar-refractivity contribution < 1.29 is 4.39 Å². The number of rotatable bonds is 3. The first kappa shape index (κ1) is 13.0. The molecular formula is C10H19F. The van der Waals surface area contributed by atoms with Crippen molar-refractivity contribution in [2.75, 3.05) is 7.18 Å². The number of alkyl halides is 1. The summed E-state index contributed by atoms with van der Waals surface area (Å²) in [5.41, 5.74) is 1.24. The van der Waals surface area contributed by atoms with E-state index in [2.05, 4.69) is 26.5 Å². The van der Waals surface area contributed by atoms with Gasteiger partial charge in [0.1, 0.15) is 0 Å². The minimum absolute atomic E-state index is 0.500. The number of halogens is 1. The third-order valence-corrected chi connectivity index (χ3v) is 1.63. The summed E-state index contributed by atoms with van der Waals surface area (Å²) >= 11 is 0. The van der Waals surface area contributed by atoms with Gasteiger partial charge < -0.3 is 0 Å². The minimum atomic E-state index is 0.500. The Kier molecular flexibility index (Phi) is 11.1. The van der Waals surface area contributed by atoms with Crippen molar-refractivity contribution in [2.45, 2.75) is 27.2 Å². The molecule has 0 bridgehead atoms. The van der Waals surface area contributed by atoms with Crippen LogP contribution in [0.25, 0.3) is 0 Å². The van der Waals surface area contributed by atoms with Gasteiger partial charge in [0.05, 0.1) is 7.18 Å². The summed E-state index contributed by atoms with van der Waals surface area (Å²) in [4.78, 5) is 0. The van der Waals surface area contributed by atoms with Crippen LogP contribution in [0.4, 0.5) is 4.39 Å². The summed E-state index contributed by atoms with van der Waals surface area (Å²) in [6.45, 7) is 10.3. The van der Waals surface area contributed by atoms with Crippen LogP contribution in [0.2, 0.25) is 0 Å². The van der Waals surface area contributed by atoms with E-state index in [1.165, 1.54) is 12.0 Å². The Bertz CT molecular complexity index is 114. The molecule has 66 valence electrons. The molecule has 0 aliphatic carbocycles. The number of hydrogen-bond acceptors (Lipinski definition) is 0. The molecule has 0 nitrogen and oxygen atoms in total. The standard InChI is InChI=1S/C9H16.CH3F/c1-5-7-9(4)8(3)6-2;1-2/h5,7-8H,4,6H2,1-3H3;1H3/b7-5-;. The molecule has 0 aliphatic rings. The van der Waals surface area contributed by atoms with Crippen molar-refractivity contribution >= 4 is 0 Å². The zero-order valence-corrected chi connectivity index (χ0v) is 8.02. The highest BCUT2D eigenvalue weighted by Gasteiger charge is 1.97. The fourth-order valence-electron chi connectivity index (χ4n) is 0.641. The summed E-state index contributed by atoms with van der Waals surface area (Å²) in [5, 5.41) is 0. The van der Waals surface area contributed by atoms with E-state index < -0.39 is 0 Å². The van der Waals surface area contributed by atoms with Gasteiger partial charge in [-0.15, -0.1) is 0 Å². The molecule has 0 aromatic heterocycles. The average molecular weight is 158 g/mol. The van der Waals surface area contributed by atoms with Gasteiger partial charge in [-0.3, -0.25) is 4.39 Å². The Morgan fingerprint density at radius 2 is 2.00 bits per heavy atom. The summed E-state index contributed by atoms with van der Waals surface area (Å²) < 4.78 is 9.50. The number of allylic oxidation sites excluding steroid dienone is 3. The molecule has 0 heterocycles. The van der Waals surface area contributed by atoms with Crippen LogP contribution in [-0.2, 0) is 0 Å². The lowest BCUT2D eigenvalue weighted by atomic mass is 10.00. The van der Waals surface area contributed by atoms with Crippen molar-refractivity contribution in [3.8, 4) is 0 Å². The molecule has 0 aromatic rings. The maximum Gasteiger partial charge on any atom is 0.0785 e. The Balaban J connectivity index is 0. The lowest BCUT2D eigenvalue weighted by molar-refractivity contribution is 0.636. The van der Waals surface area contributed by atoms with E-state index in [4.69, 9.17) is 0 Å². The van der Waals surface area contributed by atoms with Gasteiger partial charge in [0, 0.05) is 0 Å². The normalized spacial score (nSPS) is 12.1. The maximum absolute atomic E-state index is 9.50. The topological polar surface area (TPSA) is 0 Å². The van der Waals surface area contributed by atoms with Crippen LogP contribution in [0.3, 0.4) is 0 Å². The zero-order chi connectivity index (χ0) is 9.28. The Hall–Kier alpha value is -0.590. The van der Waals surface area contributed by atoms with E-state index in [0.717, 1.165) is 0 Å². The molecule has 0 radical (unpaired) electrons. The van der Waals surface area contributed by atoms with Crippen LogP contribution in [0.5, 0.6) is 0 Å². The second kappa shape index (κ2) is 9.41. The van der Waals surface area contributed by atoms with Gasteiger partial charge in [-0.25, -0.2) is 0 Å². The fraction of sp³-hybridized carbons (Fsp3) is 0.600. The highest BCUT2D eigenvalue weighted by Crippen LogP contribution is 2.12. The summed E-state index contributed by atoms with van der Waals surface area (Å²) in [5.74, 6) is 0.640. The maximum atomic E-state index is 9.50. The molecule has 0 aromatic carbocycles. The molecule has 0 N–H and O–H groups in total. The van der Waals surface area contributed by atoms with Crippen molar-refractivity contribution in [2.24, 2.45) is 5.92 Å². The first-order chi connectivity index (χ1) is 5.22. The fourth-order valence-corrected chi connectivity index (χ4v) is 0.641. The van der Waals surface area contributed by atoms with Gasteiger partial charge >= 0.3 is 0 Å². The second-order valence-corrected chi connectivity index (χ2v) is 2.38. The zero-order valence-electron chi connectivity index (χ0n) is 8.02. The molecule has 0 fully saturated rings. The lowest BCUT2D eigenvalue weighted by Gasteiger charge is -2.06. The molecule has 0 saturated heterocycles. The summed E-state index contributed by atoms with van der Waals surface area (Å²) in [7, 11) is 0.500. The predicted octanol–water partition coefficient (Wildman–Crippen LogP) is 3.75. The van der Waals surface area contributed by atoms with Crippen LogP contribution in [0.1, 0.15) is 27.2 Å². The highest BCUT2D eigenvalue weighted by atomic mass is 19.1. The van der Waals surface area contributed by atoms with E-state index in [1.807, 2.05) is 13.0 Å². The molecule has 0 amide bonds. The predicted molar refractivity (Wildman–Crippen MR) is 50.4 cm³/mol. The van der Waals surface area contributed by atoms with Crippen LogP contribution < -0.4 is 0 Å². The van der Waals surface area contributed by atoms with Gasteiger partial charge in [-0.1, -0.05) is 38.2 Å². The Morgan fingerprint density at radius 3 is 2.27 bits per heavy atom. The van der Waals surface area contributed by atoms with E-state index in [9.17, 15) is 4.39 Å². The van der Waals surface area contributed by atoms with Gasteiger partial charge in [-0.05, 0) is 19.3 Å². The SMILES string of the molecule is C=C(/C=C\C)C(C)CC.CF. The quantitative estimate of drug-likeness (QED) is 0.549. The minimum Gasteiger partial charge on any atom is -0.255 e. The van der Waals surface area contributed by atoms with Crippen LogP contribution in [-0.4, -0.2) is 7.18 Å². The van der Waals surface area contributed by atoms with Crippen LogP contribution in [0, 0.1) is 5.92 Å². The van der Waals surface area contributed by atoms with E-state index in [-0.39, 0.29) is 0 Å². The Morgan fingerprint density at radius 1 is 1.55 bits per heavy atom. The molecule has 1 atom stereocenters. The first-order valence-corrected chi connectivity index (χ1v) is 3.91. The van der Waals surface area contributed by atoms with Gasteiger partial charge in [-0.2, -0.15) is 0 Å². The van der Waals surface area contributed by atoms with Crippen molar-refractivity contribution in [3.05, 3.63) is 24.3 Å². The van der Waals surface area contributed by atoms with Crippen LogP contribution in [0.15, 0.2) is 24.3 Å². The molecular weight excluding hydrogens is 139 g/mol. The van der Waals surface area contributed by atoms with E-state index >= 15 is 0 Å². The second-order valence-electron chi connectivity index (χ2n) is 2.38. The molecule has 1 heteroatoms. The average Bonchev–Trinajstić information content (AvgIpc) is 2.07. The van der Waals surface area contributed by atoms with Gasteiger partial charge in [0.2, 0.25) is 0 Å².